The van der Waals surface area contributed by atoms with E-state index in [0.29, 0.717) is 6.04 Å². The quantitative estimate of drug-likeness (QED) is 0.845. The Bertz CT molecular complexity index is 202. The number of likely N-dealkylation sites (N-methyl/N-ethyl adjacent to an activating group) is 1. The van der Waals surface area contributed by atoms with Gasteiger partial charge >= 0.3 is 0 Å². The van der Waals surface area contributed by atoms with Gasteiger partial charge in [0, 0.05) is 32.2 Å². The van der Waals surface area contributed by atoms with Crippen LogP contribution in [0.4, 0.5) is 0 Å². The molecule has 1 N–H and O–H groups in total. The van der Waals surface area contributed by atoms with Crippen molar-refractivity contribution >= 4 is 24.8 Å². The maximum absolute atomic E-state index is 9.66. The zero-order valence-corrected chi connectivity index (χ0v) is 13.8. The number of halogens is 2. The van der Waals surface area contributed by atoms with E-state index in [1.165, 1.54) is 32.6 Å². The van der Waals surface area contributed by atoms with Crippen LogP contribution in [-0.2, 0) is 0 Å². The van der Waals surface area contributed by atoms with E-state index in [2.05, 4.69) is 23.8 Å². The van der Waals surface area contributed by atoms with Crippen LogP contribution >= 0.6 is 24.8 Å². The van der Waals surface area contributed by atoms with Crippen molar-refractivity contribution in [3.8, 4) is 0 Å². The normalized spacial score (nSPS) is 19.8. The van der Waals surface area contributed by atoms with Gasteiger partial charge in [-0.25, -0.2) is 0 Å². The molecular weight excluding hydrogens is 271 g/mol. The standard InChI is InChI=1S/C13H28N2O.2ClH/c1-12(6-5-7-13(2,3)16)15-10-8-14(4)9-11-15;;/h12,16H,5-11H2,1-4H3;2*1H. The van der Waals surface area contributed by atoms with Crippen LogP contribution < -0.4 is 0 Å². The third kappa shape index (κ3) is 8.54. The van der Waals surface area contributed by atoms with Crippen molar-refractivity contribution in [2.24, 2.45) is 0 Å². The molecule has 18 heavy (non-hydrogen) atoms. The van der Waals surface area contributed by atoms with E-state index >= 15 is 0 Å². The Morgan fingerprint density at radius 1 is 1.11 bits per heavy atom. The van der Waals surface area contributed by atoms with E-state index in [1.54, 1.807) is 0 Å². The molecule has 0 aromatic rings. The second-order valence-electron chi connectivity index (χ2n) is 5.89. The summed E-state index contributed by atoms with van der Waals surface area (Å²) in [5, 5.41) is 9.66. The van der Waals surface area contributed by atoms with Crippen molar-refractivity contribution in [2.45, 2.75) is 51.7 Å². The Morgan fingerprint density at radius 2 is 1.61 bits per heavy atom. The molecule has 0 aliphatic carbocycles. The van der Waals surface area contributed by atoms with Crippen LogP contribution in [0.5, 0.6) is 0 Å². The van der Waals surface area contributed by atoms with Crippen molar-refractivity contribution in [1.82, 2.24) is 9.80 Å². The fourth-order valence-electron chi connectivity index (χ4n) is 2.28. The highest BCUT2D eigenvalue weighted by Crippen LogP contribution is 2.16. The molecule has 1 fully saturated rings. The number of hydrogen-bond donors (Lipinski definition) is 1. The molecule has 0 aromatic carbocycles. The number of piperazine rings is 1. The summed E-state index contributed by atoms with van der Waals surface area (Å²) in [6, 6.07) is 0.663. The molecule has 1 saturated heterocycles. The monoisotopic (exact) mass is 300 g/mol. The summed E-state index contributed by atoms with van der Waals surface area (Å²) < 4.78 is 0. The minimum absolute atomic E-state index is 0. The molecule has 0 amide bonds. The lowest BCUT2D eigenvalue weighted by Gasteiger charge is -2.36. The molecule has 1 aliphatic heterocycles. The van der Waals surface area contributed by atoms with Crippen LogP contribution in [0.25, 0.3) is 0 Å². The summed E-state index contributed by atoms with van der Waals surface area (Å²) in [6.45, 7) is 10.9. The number of aliphatic hydroxyl groups is 1. The van der Waals surface area contributed by atoms with Crippen LogP contribution in [0.2, 0.25) is 0 Å². The predicted molar refractivity (Wildman–Crippen MR) is 83.2 cm³/mol. The minimum Gasteiger partial charge on any atom is -0.390 e. The van der Waals surface area contributed by atoms with Crippen LogP contribution in [0, 0.1) is 0 Å². The molecule has 1 atom stereocenters. The first kappa shape index (κ1) is 20.8. The summed E-state index contributed by atoms with van der Waals surface area (Å²) in [5.74, 6) is 0. The Labute approximate surface area is 125 Å². The van der Waals surface area contributed by atoms with E-state index < -0.39 is 5.60 Å². The van der Waals surface area contributed by atoms with Crippen LogP contribution in [0.15, 0.2) is 0 Å². The van der Waals surface area contributed by atoms with Gasteiger partial charge in [0.05, 0.1) is 5.60 Å². The van der Waals surface area contributed by atoms with Gasteiger partial charge < -0.3 is 10.0 Å². The van der Waals surface area contributed by atoms with E-state index in [9.17, 15) is 5.11 Å². The molecule has 1 heterocycles. The largest absolute Gasteiger partial charge is 0.390 e. The fraction of sp³-hybridized carbons (Fsp3) is 1.00. The second kappa shape index (κ2) is 9.38. The fourth-order valence-corrected chi connectivity index (χ4v) is 2.28. The first-order valence-corrected chi connectivity index (χ1v) is 6.53. The summed E-state index contributed by atoms with van der Waals surface area (Å²) in [5.41, 5.74) is -0.498. The zero-order chi connectivity index (χ0) is 12.2. The molecule has 0 bridgehead atoms. The molecule has 1 aliphatic rings. The van der Waals surface area contributed by atoms with Gasteiger partial charge in [0.1, 0.15) is 0 Å². The topological polar surface area (TPSA) is 26.7 Å². The average Bonchev–Trinajstić information content (AvgIpc) is 2.16. The predicted octanol–water partition coefficient (Wildman–Crippen LogP) is 2.41. The lowest BCUT2D eigenvalue weighted by molar-refractivity contribution is 0.0620. The maximum Gasteiger partial charge on any atom is 0.0591 e. The first-order chi connectivity index (χ1) is 7.38. The molecular formula is C13H30Cl2N2O. The van der Waals surface area contributed by atoms with Crippen molar-refractivity contribution in [1.29, 1.82) is 0 Å². The Balaban J connectivity index is 0. The van der Waals surface area contributed by atoms with Crippen LogP contribution in [0.1, 0.15) is 40.0 Å². The lowest BCUT2D eigenvalue weighted by atomic mass is 9.99. The molecule has 0 spiro atoms. The van der Waals surface area contributed by atoms with Crippen molar-refractivity contribution in [3.05, 3.63) is 0 Å². The second-order valence-corrected chi connectivity index (χ2v) is 5.89. The van der Waals surface area contributed by atoms with Gasteiger partial charge in [-0.1, -0.05) is 0 Å². The third-order valence-corrected chi connectivity index (χ3v) is 3.57. The van der Waals surface area contributed by atoms with Gasteiger partial charge in [-0.15, -0.1) is 24.8 Å². The van der Waals surface area contributed by atoms with E-state index in [1.807, 2.05) is 13.8 Å². The molecule has 0 saturated carbocycles. The first-order valence-electron chi connectivity index (χ1n) is 6.53. The summed E-state index contributed by atoms with van der Waals surface area (Å²) in [6.07, 6.45) is 3.23. The van der Waals surface area contributed by atoms with Crippen molar-refractivity contribution in [3.63, 3.8) is 0 Å². The average molecular weight is 301 g/mol. The van der Waals surface area contributed by atoms with Gasteiger partial charge in [-0.05, 0) is 47.1 Å². The highest BCUT2D eigenvalue weighted by atomic mass is 35.5. The third-order valence-electron chi connectivity index (χ3n) is 3.57. The van der Waals surface area contributed by atoms with Gasteiger partial charge in [-0.2, -0.15) is 0 Å². The zero-order valence-electron chi connectivity index (χ0n) is 12.2. The van der Waals surface area contributed by atoms with Crippen molar-refractivity contribution < 1.29 is 5.11 Å². The van der Waals surface area contributed by atoms with Gasteiger partial charge in [0.25, 0.3) is 0 Å². The van der Waals surface area contributed by atoms with E-state index in [0.717, 1.165) is 12.8 Å². The summed E-state index contributed by atoms with van der Waals surface area (Å²) in [7, 11) is 2.19. The van der Waals surface area contributed by atoms with Gasteiger partial charge in [0.2, 0.25) is 0 Å². The lowest BCUT2D eigenvalue weighted by Crippen LogP contribution is -2.48. The summed E-state index contributed by atoms with van der Waals surface area (Å²) in [4.78, 5) is 4.96. The highest BCUT2D eigenvalue weighted by Gasteiger charge is 2.19. The molecule has 0 aromatic heterocycles. The molecule has 0 radical (unpaired) electrons. The van der Waals surface area contributed by atoms with Crippen molar-refractivity contribution in [2.75, 3.05) is 33.2 Å². The molecule has 112 valence electrons. The van der Waals surface area contributed by atoms with E-state index in [4.69, 9.17) is 0 Å². The smallest absolute Gasteiger partial charge is 0.0591 e. The van der Waals surface area contributed by atoms with Crippen LogP contribution in [-0.4, -0.2) is 59.8 Å². The SMILES string of the molecule is CC(CCCC(C)(C)O)N1CCN(C)CC1.Cl.Cl. The van der Waals surface area contributed by atoms with Crippen LogP contribution in [0.3, 0.4) is 0 Å². The highest BCUT2D eigenvalue weighted by molar-refractivity contribution is 5.85. The van der Waals surface area contributed by atoms with Gasteiger partial charge in [0.15, 0.2) is 0 Å². The maximum atomic E-state index is 9.66. The molecule has 1 unspecified atom stereocenters. The number of hydrogen-bond acceptors (Lipinski definition) is 3. The number of rotatable bonds is 5. The molecule has 3 nitrogen and oxygen atoms in total. The number of nitrogens with zero attached hydrogens (tertiary/aromatic N) is 2. The Hall–Kier alpha value is 0.460. The Morgan fingerprint density at radius 3 is 2.06 bits per heavy atom. The van der Waals surface area contributed by atoms with Gasteiger partial charge in [-0.3, -0.25) is 4.90 Å². The molecule has 1 rings (SSSR count). The minimum atomic E-state index is -0.498. The Kier molecular flexibility index (Phi) is 10.8. The van der Waals surface area contributed by atoms with E-state index in [-0.39, 0.29) is 24.8 Å². The summed E-state index contributed by atoms with van der Waals surface area (Å²) >= 11 is 0. The molecule has 5 heteroatoms.